The lowest BCUT2D eigenvalue weighted by molar-refractivity contribution is -0.156. The van der Waals surface area contributed by atoms with Gasteiger partial charge in [0.2, 0.25) is 0 Å². The number of carbonyl (C=O) groups excluding carboxylic acids is 1. The third kappa shape index (κ3) is 6.50. The van der Waals surface area contributed by atoms with Crippen LogP contribution < -0.4 is 5.73 Å². The molecule has 0 bridgehead atoms. The SMILES string of the molecule is C=CCC(N=C(N)SC)C(=O)OC(C)(C)C. The first-order valence-electron chi connectivity index (χ1n) is 5.01. The van der Waals surface area contributed by atoms with Crippen molar-refractivity contribution in [1.29, 1.82) is 0 Å². The second-order valence-corrected chi connectivity index (χ2v) is 5.07. The first kappa shape index (κ1) is 15.0. The van der Waals surface area contributed by atoms with Crippen LogP contribution in [0.1, 0.15) is 27.2 Å². The van der Waals surface area contributed by atoms with E-state index in [2.05, 4.69) is 11.6 Å². The van der Waals surface area contributed by atoms with Crippen molar-refractivity contribution >= 4 is 22.9 Å². The van der Waals surface area contributed by atoms with E-state index in [4.69, 9.17) is 10.5 Å². The number of hydrogen-bond donors (Lipinski definition) is 1. The number of esters is 1. The van der Waals surface area contributed by atoms with Gasteiger partial charge in [-0.05, 0) is 33.4 Å². The molecule has 0 aromatic rings. The van der Waals surface area contributed by atoms with Gasteiger partial charge in [0, 0.05) is 0 Å². The molecule has 4 nitrogen and oxygen atoms in total. The van der Waals surface area contributed by atoms with Gasteiger partial charge in [-0.2, -0.15) is 0 Å². The van der Waals surface area contributed by atoms with Crippen molar-refractivity contribution in [3.05, 3.63) is 12.7 Å². The fourth-order valence-electron chi connectivity index (χ4n) is 0.936. The van der Waals surface area contributed by atoms with Gasteiger partial charge in [0.05, 0.1) is 0 Å². The number of amidine groups is 1. The summed E-state index contributed by atoms with van der Waals surface area (Å²) >= 11 is 1.30. The smallest absolute Gasteiger partial charge is 0.331 e. The number of nitrogens with zero attached hydrogens (tertiary/aromatic N) is 1. The number of hydrogen-bond acceptors (Lipinski definition) is 4. The summed E-state index contributed by atoms with van der Waals surface area (Å²) in [5.74, 6) is -0.371. The average Bonchev–Trinajstić information content (AvgIpc) is 2.14. The zero-order valence-electron chi connectivity index (χ0n) is 10.3. The molecule has 0 radical (unpaired) electrons. The number of rotatable bonds is 4. The van der Waals surface area contributed by atoms with Crippen LogP contribution in [0.4, 0.5) is 0 Å². The largest absolute Gasteiger partial charge is 0.458 e. The minimum absolute atomic E-state index is 0.371. The first-order valence-corrected chi connectivity index (χ1v) is 6.23. The van der Waals surface area contributed by atoms with Crippen molar-refractivity contribution in [1.82, 2.24) is 0 Å². The molecule has 0 fully saturated rings. The molecule has 16 heavy (non-hydrogen) atoms. The van der Waals surface area contributed by atoms with Crippen LogP contribution in [0.5, 0.6) is 0 Å². The van der Waals surface area contributed by atoms with E-state index in [1.807, 2.05) is 20.8 Å². The van der Waals surface area contributed by atoms with Crippen LogP contribution >= 0.6 is 11.8 Å². The fraction of sp³-hybridized carbons (Fsp3) is 0.636. The molecule has 0 heterocycles. The maximum absolute atomic E-state index is 11.8. The highest BCUT2D eigenvalue weighted by atomic mass is 32.2. The van der Waals surface area contributed by atoms with Gasteiger partial charge in [-0.15, -0.1) is 6.58 Å². The molecule has 5 heteroatoms. The van der Waals surface area contributed by atoms with Crippen molar-refractivity contribution < 1.29 is 9.53 Å². The maximum Gasteiger partial charge on any atom is 0.331 e. The van der Waals surface area contributed by atoms with Crippen LogP contribution in [-0.4, -0.2) is 29.0 Å². The van der Waals surface area contributed by atoms with E-state index in [1.165, 1.54) is 11.8 Å². The summed E-state index contributed by atoms with van der Waals surface area (Å²) in [6, 6.07) is -0.593. The Kier molecular flexibility index (Phi) is 6.18. The normalized spacial score (nSPS) is 14.4. The Labute approximate surface area is 101 Å². The Morgan fingerprint density at radius 1 is 1.62 bits per heavy atom. The summed E-state index contributed by atoms with van der Waals surface area (Å²) in [7, 11) is 0. The third-order valence-electron chi connectivity index (χ3n) is 1.56. The minimum Gasteiger partial charge on any atom is -0.458 e. The molecule has 1 unspecified atom stereocenters. The molecule has 0 aromatic heterocycles. The standard InChI is InChI=1S/C11H20N2O2S/c1-6-7-8(13-10(12)16-5)9(14)15-11(2,3)4/h6,8H,1,7H2,2-5H3,(H2,12,13). The second kappa shape index (κ2) is 6.58. The molecule has 2 N–H and O–H groups in total. The topological polar surface area (TPSA) is 64.7 Å². The Morgan fingerprint density at radius 2 is 2.19 bits per heavy atom. The van der Waals surface area contributed by atoms with Crippen molar-refractivity contribution in [2.24, 2.45) is 10.7 Å². The van der Waals surface area contributed by atoms with Crippen LogP contribution in [-0.2, 0) is 9.53 Å². The van der Waals surface area contributed by atoms with Crippen molar-refractivity contribution in [3.8, 4) is 0 Å². The van der Waals surface area contributed by atoms with E-state index >= 15 is 0 Å². The Balaban J connectivity index is 4.66. The Bertz CT molecular complexity index is 282. The molecule has 0 saturated heterocycles. The Hall–Kier alpha value is -0.970. The van der Waals surface area contributed by atoms with Crippen LogP contribution in [0.3, 0.4) is 0 Å². The highest BCUT2D eigenvalue weighted by Gasteiger charge is 2.23. The van der Waals surface area contributed by atoms with E-state index in [1.54, 1.807) is 12.3 Å². The monoisotopic (exact) mass is 244 g/mol. The van der Waals surface area contributed by atoms with Crippen LogP contribution in [0.2, 0.25) is 0 Å². The quantitative estimate of drug-likeness (QED) is 0.355. The summed E-state index contributed by atoms with van der Waals surface area (Å²) in [6.07, 6.45) is 3.86. The zero-order valence-corrected chi connectivity index (χ0v) is 11.1. The molecule has 0 aliphatic carbocycles. The molecule has 0 aliphatic rings. The predicted molar refractivity (Wildman–Crippen MR) is 69.6 cm³/mol. The lowest BCUT2D eigenvalue weighted by atomic mass is 10.1. The van der Waals surface area contributed by atoms with Crippen molar-refractivity contribution in [3.63, 3.8) is 0 Å². The lowest BCUT2D eigenvalue weighted by Gasteiger charge is -2.22. The van der Waals surface area contributed by atoms with E-state index in [-0.39, 0.29) is 5.97 Å². The molecule has 0 aliphatic heterocycles. The van der Waals surface area contributed by atoms with Gasteiger partial charge in [-0.1, -0.05) is 17.8 Å². The molecule has 0 rings (SSSR count). The molecule has 1 atom stereocenters. The van der Waals surface area contributed by atoms with Gasteiger partial charge in [-0.3, -0.25) is 0 Å². The number of ether oxygens (including phenoxy) is 1. The predicted octanol–water partition coefficient (Wildman–Crippen LogP) is 1.95. The summed E-state index contributed by atoms with van der Waals surface area (Å²) in [5.41, 5.74) is 5.06. The summed E-state index contributed by atoms with van der Waals surface area (Å²) in [5, 5.41) is 0.373. The maximum atomic E-state index is 11.8. The van der Waals surface area contributed by atoms with E-state index < -0.39 is 11.6 Å². The number of nitrogens with two attached hydrogens (primary N) is 1. The Morgan fingerprint density at radius 3 is 2.56 bits per heavy atom. The lowest BCUT2D eigenvalue weighted by Crippen LogP contribution is -2.31. The molecule has 0 amide bonds. The molecule has 92 valence electrons. The van der Waals surface area contributed by atoms with Crippen molar-refractivity contribution in [2.45, 2.75) is 38.8 Å². The fourth-order valence-corrected chi connectivity index (χ4v) is 1.17. The van der Waals surface area contributed by atoms with E-state index in [0.29, 0.717) is 11.6 Å². The average molecular weight is 244 g/mol. The van der Waals surface area contributed by atoms with Crippen molar-refractivity contribution in [2.75, 3.05) is 6.26 Å². The summed E-state index contributed by atoms with van der Waals surface area (Å²) in [6.45, 7) is 9.04. The zero-order chi connectivity index (χ0) is 12.8. The highest BCUT2D eigenvalue weighted by molar-refractivity contribution is 8.13. The molecular weight excluding hydrogens is 224 g/mol. The summed E-state index contributed by atoms with van der Waals surface area (Å²) < 4.78 is 5.24. The summed E-state index contributed by atoms with van der Waals surface area (Å²) in [4.78, 5) is 15.8. The van der Waals surface area contributed by atoms with Crippen LogP contribution in [0.15, 0.2) is 17.6 Å². The van der Waals surface area contributed by atoms with E-state index in [9.17, 15) is 4.79 Å². The number of aliphatic imine (C=N–C) groups is 1. The molecule has 0 saturated carbocycles. The van der Waals surface area contributed by atoms with Gasteiger partial charge < -0.3 is 10.5 Å². The van der Waals surface area contributed by atoms with Crippen LogP contribution in [0.25, 0.3) is 0 Å². The minimum atomic E-state index is -0.593. The van der Waals surface area contributed by atoms with Crippen LogP contribution in [0, 0.1) is 0 Å². The first-order chi connectivity index (χ1) is 7.30. The molecular formula is C11H20N2O2S. The molecule has 0 aromatic carbocycles. The van der Waals surface area contributed by atoms with E-state index in [0.717, 1.165) is 0 Å². The number of thioether (sulfide) groups is 1. The van der Waals surface area contributed by atoms with Gasteiger partial charge >= 0.3 is 5.97 Å². The van der Waals surface area contributed by atoms with Gasteiger partial charge in [-0.25, -0.2) is 9.79 Å². The molecule has 0 spiro atoms. The van der Waals surface area contributed by atoms with Gasteiger partial charge in [0.25, 0.3) is 0 Å². The highest BCUT2D eigenvalue weighted by Crippen LogP contribution is 2.12. The van der Waals surface area contributed by atoms with Gasteiger partial charge in [0.1, 0.15) is 5.60 Å². The third-order valence-corrected chi connectivity index (χ3v) is 2.08. The van der Waals surface area contributed by atoms with Gasteiger partial charge in [0.15, 0.2) is 11.2 Å². The number of carbonyl (C=O) groups is 1. The second-order valence-electron chi connectivity index (χ2n) is 4.25.